The average Bonchev–Trinajstić information content (AvgIpc) is 2.51. The smallest absolute Gasteiger partial charge is 0.0609 e. The molecule has 130 valence electrons. The van der Waals surface area contributed by atoms with Crippen LogP contribution in [0.2, 0.25) is 0 Å². The Morgan fingerprint density at radius 3 is 2.09 bits per heavy atom. The molecule has 0 spiro atoms. The van der Waals surface area contributed by atoms with E-state index in [2.05, 4.69) is 23.6 Å². The van der Waals surface area contributed by atoms with Crippen molar-refractivity contribution in [3.63, 3.8) is 0 Å². The van der Waals surface area contributed by atoms with Crippen molar-refractivity contribution < 1.29 is 15.3 Å². The molecular weight excluding hydrogens is 280 g/mol. The lowest BCUT2D eigenvalue weighted by Gasteiger charge is -2.51. The van der Waals surface area contributed by atoms with E-state index in [0.29, 0.717) is 23.9 Å². The Balaban J connectivity index is 2.17. The summed E-state index contributed by atoms with van der Waals surface area (Å²) in [6, 6.07) is 0.660. The van der Waals surface area contributed by atoms with E-state index in [4.69, 9.17) is 0 Å². The van der Waals surface area contributed by atoms with Crippen molar-refractivity contribution >= 4 is 0 Å². The molecule has 0 saturated carbocycles. The normalized spacial score (nSPS) is 35.2. The van der Waals surface area contributed by atoms with E-state index < -0.39 is 0 Å². The summed E-state index contributed by atoms with van der Waals surface area (Å²) in [5, 5.41) is 28.6. The monoisotopic (exact) mass is 314 g/mol. The van der Waals surface area contributed by atoms with Gasteiger partial charge in [0.15, 0.2) is 0 Å². The number of aliphatic hydroxyl groups is 3. The molecule has 2 aliphatic rings. The number of aliphatic hydroxyl groups excluding tert-OH is 3. The highest BCUT2D eigenvalue weighted by molar-refractivity contribution is 4.96. The molecule has 0 aromatic carbocycles. The quantitative estimate of drug-likeness (QED) is 0.667. The Bertz CT molecular complexity index is 325. The van der Waals surface area contributed by atoms with Crippen LogP contribution in [0.1, 0.15) is 39.5 Å². The molecule has 3 N–H and O–H groups in total. The number of hydrogen-bond acceptors (Lipinski definition) is 5. The van der Waals surface area contributed by atoms with Crippen molar-refractivity contribution in [2.75, 3.05) is 39.5 Å². The number of β-amino-alcohol motifs (C(OH)–C–C–N with tert-alkyl or cyclic N) is 1. The lowest BCUT2D eigenvalue weighted by atomic mass is 9.80. The zero-order valence-electron chi connectivity index (χ0n) is 14.2. The summed E-state index contributed by atoms with van der Waals surface area (Å²) in [6.07, 6.45) is 4.60. The highest BCUT2D eigenvalue weighted by atomic mass is 16.3. The van der Waals surface area contributed by atoms with E-state index >= 15 is 0 Å². The van der Waals surface area contributed by atoms with E-state index in [0.717, 1.165) is 38.9 Å². The van der Waals surface area contributed by atoms with Crippen LogP contribution < -0.4 is 0 Å². The Labute approximate surface area is 134 Å². The molecule has 0 aromatic heterocycles. The van der Waals surface area contributed by atoms with Crippen LogP contribution in [0.15, 0.2) is 0 Å². The van der Waals surface area contributed by atoms with E-state index in [1.54, 1.807) is 0 Å². The highest BCUT2D eigenvalue weighted by Crippen LogP contribution is 2.34. The summed E-state index contributed by atoms with van der Waals surface area (Å²) in [6.45, 7) is 7.60. The summed E-state index contributed by atoms with van der Waals surface area (Å²) in [4.78, 5) is 4.77. The molecule has 0 bridgehead atoms. The van der Waals surface area contributed by atoms with Gasteiger partial charge in [-0.2, -0.15) is 0 Å². The van der Waals surface area contributed by atoms with Crippen molar-refractivity contribution in [3.05, 3.63) is 0 Å². The SMILES string of the molecule is CC1CCN(CCO)C(C2CC(C)CCN2C(CO)CO)C1. The fourth-order valence-electron chi connectivity index (χ4n) is 4.34. The van der Waals surface area contributed by atoms with Crippen LogP contribution >= 0.6 is 0 Å². The van der Waals surface area contributed by atoms with Crippen LogP contribution in [0.25, 0.3) is 0 Å². The number of rotatable bonds is 6. The van der Waals surface area contributed by atoms with Crippen molar-refractivity contribution in [1.82, 2.24) is 9.80 Å². The molecule has 4 atom stereocenters. The van der Waals surface area contributed by atoms with Crippen molar-refractivity contribution in [2.24, 2.45) is 11.8 Å². The van der Waals surface area contributed by atoms with Crippen LogP contribution in [0.4, 0.5) is 0 Å². The van der Waals surface area contributed by atoms with Crippen molar-refractivity contribution in [3.8, 4) is 0 Å². The Kier molecular flexibility index (Phi) is 7.09. The minimum atomic E-state index is -0.147. The fourth-order valence-corrected chi connectivity index (χ4v) is 4.34. The summed E-state index contributed by atoms with van der Waals surface area (Å²) < 4.78 is 0. The van der Waals surface area contributed by atoms with Gasteiger partial charge in [0.2, 0.25) is 0 Å². The molecule has 22 heavy (non-hydrogen) atoms. The van der Waals surface area contributed by atoms with Crippen molar-refractivity contribution in [2.45, 2.75) is 57.7 Å². The number of hydrogen-bond donors (Lipinski definition) is 3. The molecule has 0 amide bonds. The molecular formula is C17H34N2O3. The lowest BCUT2D eigenvalue weighted by molar-refractivity contribution is -0.0424. The molecule has 2 aliphatic heterocycles. The second kappa shape index (κ2) is 8.60. The van der Waals surface area contributed by atoms with Crippen LogP contribution in [-0.2, 0) is 0 Å². The summed E-state index contributed by atoms with van der Waals surface area (Å²) >= 11 is 0. The number of nitrogens with zero attached hydrogens (tertiary/aromatic N) is 2. The van der Waals surface area contributed by atoms with Crippen molar-refractivity contribution in [1.29, 1.82) is 0 Å². The molecule has 0 aliphatic carbocycles. The topological polar surface area (TPSA) is 67.2 Å². The van der Waals surface area contributed by atoms with E-state index in [1.165, 1.54) is 6.42 Å². The van der Waals surface area contributed by atoms with E-state index in [-0.39, 0.29) is 25.9 Å². The maximum Gasteiger partial charge on any atom is 0.0609 e. The minimum absolute atomic E-state index is 0.0175. The predicted molar refractivity (Wildman–Crippen MR) is 87.7 cm³/mol. The molecule has 2 rings (SSSR count). The maximum atomic E-state index is 9.63. The number of piperidine rings is 2. The predicted octanol–water partition coefficient (Wildman–Crippen LogP) is 0.533. The van der Waals surface area contributed by atoms with Crippen LogP contribution in [0, 0.1) is 11.8 Å². The summed E-state index contributed by atoms with van der Waals surface area (Å²) in [5.74, 6) is 1.40. The van der Waals surface area contributed by atoms with Gasteiger partial charge in [-0.15, -0.1) is 0 Å². The minimum Gasteiger partial charge on any atom is -0.395 e. The van der Waals surface area contributed by atoms with Gasteiger partial charge in [0.1, 0.15) is 0 Å². The molecule has 0 radical (unpaired) electrons. The fraction of sp³-hybridized carbons (Fsp3) is 1.00. The first-order valence-electron chi connectivity index (χ1n) is 8.93. The Morgan fingerprint density at radius 2 is 1.50 bits per heavy atom. The van der Waals surface area contributed by atoms with Gasteiger partial charge in [0, 0.05) is 18.6 Å². The first-order chi connectivity index (χ1) is 10.6. The molecule has 4 unspecified atom stereocenters. The van der Waals surface area contributed by atoms with Crippen LogP contribution in [0.3, 0.4) is 0 Å². The summed E-state index contributed by atoms with van der Waals surface area (Å²) in [5.41, 5.74) is 0. The third-order valence-electron chi connectivity index (χ3n) is 5.69. The van der Waals surface area contributed by atoms with Crippen LogP contribution in [0.5, 0.6) is 0 Å². The maximum absolute atomic E-state index is 9.63. The van der Waals surface area contributed by atoms with Gasteiger partial charge in [-0.05, 0) is 50.6 Å². The van der Waals surface area contributed by atoms with Crippen LogP contribution in [-0.4, -0.2) is 82.7 Å². The Morgan fingerprint density at radius 1 is 0.909 bits per heavy atom. The molecule has 2 fully saturated rings. The van der Waals surface area contributed by atoms with Gasteiger partial charge >= 0.3 is 0 Å². The second-order valence-corrected chi connectivity index (χ2v) is 7.41. The molecule has 0 aromatic rings. The highest BCUT2D eigenvalue weighted by Gasteiger charge is 2.40. The molecule has 5 nitrogen and oxygen atoms in total. The van der Waals surface area contributed by atoms with Gasteiger partial charge in [0.05, 0.1) is 25.9 Å². The molecule has 2 heterocycles. The largest absolute Gasteiger partial charge is 0.395 e. The van der Waals surface area contributed by atoms with Gasteiger partial charge in [-0.3, -0.25) is 9.80 Å². The first-order valence-corrected chi connectivity index (χ1v) is 8.93. The number of likely N-dealkylation sites (tertiary alicyclic amines) is 2. The van der Waals surface area contributed by atoms with Gasteiger partial charge in [-0.25, -0.2) is 0 Å². The molecule has 2 saturated heterocycles. The zero-order chi connectivity index (χ0) is 16.1. The third kappa shape index (κ3) is 4.20. The average molecular weight is 314 g/mol. The van der Waals surface area contributed by atoms with Gasteiger partial charge < -0.3 is 15.3 Å². The second-order valence-electron chi connectivity index (χ2n) is 7.41. The third-order valence-corrected chi connectivity index (χ3v) is 5.69. The Hall–Kier alpha value is -0.200. The van der Waals surface area contributed by atoms with E-state index in [1.807, 2.05) is 0 Å². The van der Waals surface area contributed by atoms with Gasteiger partial charge in [0.25, 0.3) is 0 Å². The summed E-state index contributed by atoms with van der Waals surface area (Å²) in [7, 11) is 0. The zero-order valence-corrected chi connectivity index (χ0v) is 14.2. The molecule has 5 heteroatoms. The van der Waals surface area contributed by atoms with E-state index in [9.17, 15) is 15.3 Å². The van der Waals surface area contributed by atoms with Gasteiger partial charge in [-0.1, -0.05) is 13.8 Å². The lowest BCUT2D eigenvalue weighted by Crippen LogP contribution is -2.61. The first kappa shape index (κ1) is 18.1. The standard InChI is InChI=1S/C17H34N2O3/c1-13-3-5-18(7-8-20)16(9-13)17-10-14(2)4-6-19(17)15(11-21)12-22/h13-17,20-22H,3-12H2,1-2H3.